The molecule has 0 aliphatic carbocycles. The molecular formula is C112H194CaO14S2. The van der Waals surface area contributed by atoms with Crippen molar-refractivity contribution in [2.45, 2.75) is 551 Å². The summed E-state index contributed by atoms with van der Waals surface area (Å²) in [6.07, 6.45) is 119. The Morgan fingerprint density at radius 1 is 0.217 bits per heavy atom. The van der Waals surface area contributed by atoms with E-state index >= 15 is 0 Å². The van der Waals surface area contributed by atoms with Crippen LogP contribution < -0.4 is 0 Å². The van der Waals surface area contributed by atoms with Gasteiger partial charge >= 0.3 is 61.6 Å². The van der Waals surface area contributed by atoms with Crippen LogP contribution in [0.2, 0.25) is 0 Å². The van der Waals surface area contributed by atoms with Crippen LogP contribution in [0.15, 0.2) is 94.8 Å². The van der Waals surface area contributed by atoms with Crippen molar-refractivity contribution in [2.24, 2.45) is 0 Å². The molecule has 0 fully saturated rings. The fourth-order valence-electron chi connectivity index (χ4n) is 16.8. The second-order valence-electron chi connectivity index (χ2n) is 37.0. The third-order valence-corrected chi connectivity index (χ3v) is 26.8. The van der Waals surface area contributed by atoms with E-state index in [1.807, 2.05) is 0 Å². The molecule has 2 aromatic rings. The molecule has 0 aliphatic rings. The van der Waals surface area contributed by atoms with Gasteiger partial charge in [-0.3, -0.25) is 0 Å². The van der Waals surface area contributed by atoms with Crippen LogP contribution in [0.25, 0.3) is 0 Å². The zero-order valence-electron chi connectivity index (χ0n) is 83.7. The summed E-state index contributed by atoms with van der Waals surface area (Å²) in [4.78, 5) is 50.6. The quantitative estimate of drug-likeness (QED) is 0.0150. The van der Waals surface area contributed by atoms with Gasteiger partial charge in [-0.2, -0.15) is 0 Å². The van der Waals surface area contributed by atoms with Crippen molar-refractivity contribution in [1.82, 2.24) is 0 Å². The maximum absolute atomic E-state index is 13.1. The largest absolute Gasteiger partial charge is 2.00 e. The van der Waals surface area contributed by atoms with Crippen molar-refractivity contribution in [3.05, 3.63) is 107 Å². The molecule has 0 atom stereocenters. The van der Waals surface area contributed by atoms with Gasteiger partial charge in [-0.1, -0.05) is 474 Å². The number of unbranched alkanes of at least 4 members (excludes halogenated alkanes) is 72. The SMILES string of the molecule is CCCCCCCCCCCCCCCCCC/C=C/CCCCOC(=O)c1cccc(S(=O)(=O)[O-])c1C(=O)OCCCC/C=C/CCCCCCCCCCCCCCCCCC.CCCCCCCCCCCCCCCCCC/C=C/CCCCOC(=O)c1cccc(S(=O)(=O)[O-])c1C(=O)OCCCC/C=C/CCCCCCCCCCCCCCCCCC.[Ca+2]. The molecule has 0 aliphatic heterocycles. The smallest absolute Gasteiger partial charge is 0.744 e. The number of carbonyl (C=O) groups excluding carboxylic acids is 4. The molecule has 0 radical (unpaired) electrons. The molecule has 129 heavy (non-hydrogen) atoms. The molecule has 740 valence electrons. The summed E-state index contributed by atoms with van der Waals surface area (Å²) in [6, 6.07) is 7.22. The van der Waals surface area contributed by atoms with Crippen LogP contribution in [0.3, 0.4) is 0 Å². The molecule has 0 amide bonds. The summed E-state index contributed by atoms with van der Waals surface area (Å²) in [7, 11) is -10.1. The normalized spacial score (nSPS) is 11.8. The summed E-state index contributed by atoms with van der Waals surface area (Å²) in [6.45, 7) is 9.47. The maximum Gasteiger partial charge on any atom is 2.00 e. The molecule has 0 bridgehead atoms. The van der Waals surface area contributed by atoms with Crippen molar-refractivity contribution in [2.75, 3.05) is 26.4 Å². The Bertz CT molecular complexity index is 3020. The zero-order valence-corrected chi connectivity index (χ0v) is 87.6. The van der Waals surface area contributed by atoms with Gasteiger partial charge in [-0.15, -0.1) is 0 Å². The van der Waals surface area contributed by atoms with Gasteiger partial charge < -0.3 is 28.1 Å². The third-order valence-electron chi connectivity index (χ3n) is 25.0. The Morgan fingerprint density at radius 2 is 0.357 bits per heavy atom. The van der Waals surface area contributed by atoms with Crippen LogP contribution in [0.4, 0.5) is 0 Å². The first-order valence-corrected chi connectivity index (χ1v) is 56.9. The summed E-state index contributed by atoms with van der Waals surface area (Å²) < 4.78 is 93.9. The van der Waals surface area contributed by atoms with E-state index < -0.39 is 65.0 Å². The van der Waals surface area contributed by atoms with Crippen molar-refractivity contribution >= 4 is 81.9 Å². The Morgan fingerprint density at radius 3 is 0.512 bits per heavy atom. The predicted molar refractivity (Wildman–Crippen MR) is 544 cm³/mol. The summed E-state index contributed by atoms with van der Waals surface area (Å²) in [5.74, 6) is -3.69. The van der Waals surface area contributed by atoms with Gasteiger partial charge in [0.25, 0.3) is 0 Å². The van der Waals surface area contributed by atoms with Crippen LogP contribution in [-0.4, -0.2) is 114 Å². The van der Waals surface area contributed by atoms with Gasteiger partial charge in [0, 0.05) is 0 Å². The first-order valence-electron chi connectivity index (χ1n) is 54.1. The molecule has 0 unspecified atom stereocenters. The average molecular weight is 1870 g/mol. The first kappa shape index (κ1) is 125. The molecule has 2 aromatic carbocycles. The van der Waals surface area contributed by atoms with Crippen LogP contribution in [-0.2, 0) is 39.2 Å². The number of carbonyl (C=O) groups is 4. The van der Waals surface area contributed by atoms with E-state index in [4.69, 9.17) is 18.9 Å². The van der Waals surface area contributed by atoms with Gasteiger partial charge in [0.2, 0.25) is 0 Å². The van der Waals surface area contributed by atoms with E-state index in [2.05, 4.69) is 76.3 Å². The number of esters is 4. The molecule has 0 aromatic heterocycles. The summed E-state index contributed by atoms with van der Waals surface area (Å²) in [5, 5.41) is 0. The minimum Gasteiger partial charge on any atom is -0.744 e. The molecule has 2 rings (SSSR count). The van der Waals surface area contributed by atoms with Crippen LogP contribution in [0, 0.1) is 0 Å². The zero-order chi connectivity index (χ0) is 92.9. The van der Waals surface area contributed by atoms with Crippen molar-refractivity contribution in [3.8, 4) is 0 Å². The Labute approximate surface area is 824 Å². The number of ether oxygens (including phenoxy) is 4. The van der Waals surface area contributed by atoms with Crippen molar-refractivity contribution < 1.29 is 64.1 Å². The fraction of sp³-hybridized carbons (Fsp3) is 0.786. The molecule has 0 saturated heterocycles. The van der Waals surface area contributed by atoms with Gasteiger partial charge in [0.1, 0.15) is 20.2 Å². The number of hydrogen-bond donors (Lipinski definition) is 0. The Kier molecular flexibility index (Phi) is 93.3. The molecule has 0 saturated carbocycles. The number of hydrogen-bond acceptors (Lipinski definition) is 14. The van der Waals surface area contributed by atoms with E-state index in [9.17, 15) is 45.1 Å². The first-order chi connectivity index (χ1) is 62.6. The van der Waals surface area contributed by atoms with Crippen molar-refractivity contribution in [1.29, 1.82) is 0 Å². The van der Waals surface area contributed by atoms with E-state index in [-0.39, 0.29) is 75.3 Å². The predicted octanol–water partition coefficient (Wildman–Crippen LogP) is 34.9. The maximum atomic E-state index is 13.1. The van der Waals surface area contributed by atoms with Gasteiger partial charge in [0.15, 0.2) is 0 Å². The van der Waals surface area contributed by atoms with E-state index in [0.29, 0.717) is 25.7 Å². The van der Waals surface area contributed by atoms with Gasteiger partial charge in [-0.25, -0.2) is 36.0 Å². The molecular weight excluding hydrogens is 1670 g/mol. The van der Waals surface area contributed by atoms with Crippen molar-refractivity contribution in [3.63, 3.8) is 0 Å². The number of allylic oxidation sites excluding steroid dienone is 8. The van der Waals surface area contributed by atoms with Gasteiger partial charge in [0.05, 0.1) is 58.5 Å². The molecule has 17 heteroatoms. The van der Waals surface area contributed by atoms with Crippen LogP contribution in [0.1, 0.15) is 583 Å². The summed E-state index contributed by atoms with van der Waals surface area (Å²) in [5.41, 5.74) is -1.62. The monoisotopic (exact) mass is 1870 g/mol. The van der Waals surface area contributed by atoms with Crippen LogP contribution in [0.5, 0.6) is 0 Å². The Balaban J connectivity index is 0.00000252. The average Bonchev–Trinajstić information content (AvgIpc) is 0.794. The Hall–Kier alpha value is -3.64. The second kappa shape index (κ2) is 96.1. The van der Waals surface area contributed by atoms with E-state index in [1.165, 1.54) is 435 Å². The van der Waals surface area contributed by atoms with E-state index in [1.54, 1.807) is 0 Å². The van der Waals surface area contributed by atoms with Gasteiger partial charge in [-0.05, 0) is 153 Å². The second-order valence-corrected chi connectivity index (χ2v) is 39.7. The molecule has 0 spiro atoms. The summed E-state index contributed by atoms with van der Waals surface area (Å²) >= 11 is 0. The minimum atomic E-state index is -5.03. The third kappa shape index (κ3) is 80.2. The molecule has 0 N–H and O–H groups in total. The molecule has 14 nitrogen and oxygen atoms in total. The number of benzene rings is 2. The topological polar surface area (TPSA) is 220 Å². The number of rotatable bonds is 94. The minimum absolute atomic E-state index is 0. The molecule has 0 heterocycles. The fourth-order valence-corrected chi connectivity index (χ4v) is 18.2. The standard InChI is InChI=1S/2C56H98O7S.Ca/c2*1-3-5-7-9-11-13-15-17-19-21-23-25-27-29-31-33-35-37-39-41-43-45-50-62-55(57)52-48-47-49-53(64(59,60)61)54(52)56(58)63-51-46-44-42-40-38-36-34-32-30-28-26-24-22-20-18-16-14-12-10-8-6-4-2;/h2*37-40,47-49H,3-36,41-46,50-51H2,1-2H3,(H,59,60,61);/q;;+2/p-2/b2*39-37+,40-38+;. The van der Waals surface area contributed by atoms with Crippen LogP contribution >= 0.6 is 0 Å². The van der Waals surface area contributed by atoms with E-state index in [0.717, 1.165) is 89.2 Å².